The highest BCUT2D eigenvalue weighted by Gasteiger charge is 2.23. The Morgan fingerprint density at radius 1 is 1.29 bits per heavy atom. The molecule has 0 aliphatic carbocycles. The zero-order valence-corrected chi connectivity index (χ0v) is 14.3. The topological polar surface area (TPSA) is 79.4 Å². The second-order valence-corrected chi connectivity index (χ2v) is 5.55. The lowest BCUT2D eigenvalue weighted by atomic mass is 10.1. The highest BCUT2D eigenvalue weighted by atomic mass is 16.6. The van der Waals surface area contributed by atoms with Crippen LogP contribution < -0.4 is 9.47 Å². The first-order valence-corrected chi connectivity index (χ1v) is 8.05. The van der Waals surface area contributed by atoms with E-state index in [9.17, 15) is 10.1 Å². The summed E-state index contributed by atoms with van der Waals surface area (Å²) in [6.45, 7) is 2.56. The highest BCUT2D eigenvalue weighted by Crippen LogP contribution is 2.40. The lowest BCUT2D eigenvalue weighted by Crippen LogP contribution is -2.04. The summed E-state index contributed by atoms with van der Waals surface area (Å²) in [6.07, 6.45) is 7.58. The van der Waals surface area contributed by atoms with Gasteiger partial charge in [-0.25, -0.2) is 4.98 Å². The third-order valence-corrected chi connectivity index (χ3v) is 3.78. The zero-order chi connectivity index (χ0) is 17.5. The fraction of sp³-hybridized carbons (Fsp3) is 0.471. The Morgan fingerprint density at radius 2 is 2.08 bits per heavy atom. The number of benzene rings is 1. The van der Waals surface area contributed by atoms with Crippen LogP contribution >= 0.6 is 0 Å². The molecule has 1 aromatic carbocycles. The van der Waals surface area contributed by atoms with E-state index in [0.29, 0.717) is 23.7 Å². The fourth-order valence-corrected chi connectivity index (χ4v) is 2.50. The van der Waals surface area contributed by atoms with Crippen molar-refractivity contribution in [2.75, 3.05) is 13.7 Å². The van der Waals surface area contributed by atoms with Crippen molar-refractivity contribution in [3.63, 3.8) is 0 Å². The maximum absolute atomic E-state index is 11.5. The molecule has 0 fully saturated rings. The van der Waals surface area contributed by atoms with Gasteiger partial charge in [-0.1, -0.05) is 26.2 Å². The van der Waals surface area contributed by atoms with E-state index in [-0.39, 0.29) is 11.4 Å². The summed E-state index contributed by atoms with van der Waals surface area (Å²) in [5.74, 6) is 1.15. The highest BCUT2D eigenvalue weighted by molar-refractivity contribution is 5.69. The molecule has 130 valence electrons. The summed E-state index contributed by atoms with van der Waals surface area (Å²) in [5.41, 5.74) is 0.507. The van der Waals surface area contributed by atoms with E-state index in [1.807, 2.05) is 7.05 Å². The van der Waals surface area contributed by atoms with Gasteiger partial charge in [-0.2, -0.15) is 0 Å². The summed E-state index contributed by atoms with van der Waals surface area (Å²) >= 11 is 0. The van der Waals surface area contributed by atoms with Crippen LogP contribution in [0.25, 0.3) is 11.4 Å². The summed E-state index contributed by atoms with van der Waals surface area (Å²) in [5, 5.41) is 11.5. The van der Waals surface area contributed by atoms with Gasteiger partial charge < -0.3 is 14.0 Å². The molecule has 1 aromatic heterocycles. The van der Waals surface area contributed by atoms with Crippen molar-refractivity contribution in [1.29, 1.82) is 0 Å². The maximum Gasteiger partial charge on any atom is 0.315 e. The van der Waals surface area contributed by atoms with Gasteiger partial charge in [0.2, 0.25) is 5.75 Å². The van der Waals surface area contributed by atoms with Crippen LogP contribution in [0.2, 0.25) is 0 Å². The lowest BCUT2D eigenvalue weighted by Gasteiger charge is -2.13. The fourth-order valence-electron chi connectivity index (χ4n) is 2.50. The van der Waals surface area contributed by atoms with E-state index in [2.05, 4.69) is 11.9 Å². The number of unbranched alkanes of at least 4 members (excludes halogenated alkanes) is 3. The molecule has 0 N–H and O–H groups in total. The first-order chi connectivity index (χ1) is 11.6. The van der Waals surface area contributed by atoms with Gasteiger partial charge in [-0.3, -0.25) is 10.1 Å². The predicted molar refractivity (Wildman–Crippen MR) is 91.5 cm³/mol. The first kappa shape index (κ1) is 17.8. The van der Waals surface area contributed by atoms with E-state index in [0.717, 1.165) is 25.7 Å². The van der Waals surface area contributed by atoms with Gasteiger partial charge in [0.25, 0.3) is 0 Å². The number of hydrogen-bond donors (Lipinski definition) is 0. The van der Waals surface area contributed by atoms with Gasteiger partial charge in [-0.15, -0.1) is 0 Å². The van der Waals surface area contributed by atoms with Crippen LogP contribution in [0.5, 0.6) is 11.5 Å². The van der Waals surface area contributed by atoms with Gasteiger partial charge >= 0.3 is 5.69 Å². The van der Waals surface area contributed by atoms with Crippen LogP contribution in [0.15, 0.2) is 24.5 Å². The van der Waals surface area contributed by atoms with Crippen molar-refractivity contribution < 1.29 is 14.4 Å². The Hall–Kier alpha value is -2.57. The van der Waals surface area contributed by atoms with Crippen LogP contribution in [0.1, 0.15) is 32.6 Å². The van der Waals surface area contributed by atoms with Crippen LogP contribution in [0.3, 0.4) is 0 Å². The van der Waals surface area contributed by atoms with Crippen molar-refractivity contribution >= 4 is 5.69 Å². The minimum Gasteiger partial charge on any atom is -0.493 e. The minimum atomic E-state index is -0.448. The van der Waals surface area contributed by atoms with Crippen LogP contribution in [-0.2, 0) is 7.05 Å². The zero-order valence-electron chi connectivity index (χ0n) is 14.3. The van der Waals surface area contributed by atoms with Crippen molar-refractivity contribution in [2.24, 2.45) is 7.05 Å². The average Bonchev–Trinajstić information content (AvgIpc) is 3.00. The third kappa shape index (κ3) is 4.04. The van der Waals surface area contributed by atoms with Gasteiger partial charge in [0, 0.05) is 31.1 Å². The molecular weight excluding hydrogens is 310 g/mol. The van der Waals surface area contributed by atoms with Gasteiger partial charge in [-0.05, 0) is 12.5 Å². The molecular formula is C17H23N3O4. The quantitative estimate of drug-likeness (QED) is 0.394. The van der Waals surface area contributed by atoms with E-state index >= 15 is 0 Å². The molecule has 0 amide bonds. The van der Waals surface area contributed by atoms with Crippen LogP contribution in [0, 0.1) is 10.1 Å². The third-order valence-electron chi connectivity index (χ3n) is 3.78. The Morgan fingerprint density at radius 3 is 2.67 bits per heavy atom. The molecule has 7 heteroatoms. The largest absolute Gasteiger partial charge is 0.493 e. The second-order valence-electron chi connectivity index (χ2n) is 5.55. The molecule has 0 saturated heterocycles. The molecule has 0 aliphatic rings. The Labute approximate surface area is 141 Å². The molecule has 0 spiro atoms. The number of nitro groups is 1. The van der Waals surface area contributed by atoms with Crippen molar-refractivity contribution in [1.82, 2.24) is 9.55 Å². The predicted octanol–water partition coefficient (Wildman–Crippen LogP) is 3.96. The molecule has 0 bridgehead atoms. The molecule has 0 saturated carbocycles. The average molecular weight is 333 g/mol. The number of nitrogens with zero attached hydrogens (tertiary/aromatic N) is 3. The minimum absolute atomic E-state index is 0.108. The first-order valence-electron chi connectivity index (χ1n) is 8.05. The van der Waals surface area contributed by atoms with Crippen molar-refractivity contribution in [3.8, 4) is 22.9 Å². The van der Waals surface area contributed by atoms with E-state index in [1.165, 1.54) is 13.2 Å². The second kappa shape index (κ2) is 8.33. The number of aryl methyl sites for hydroxylation is 1. The SMILES string of the molecule is CCCCCCOc1c(OC)cc(-c2nccn2C)cc1[N+](=O)[O-]. The monoisotopic (exact) mass is 333 g/mol. The number of ether oxygens (including phenoxy) is 2. The Kier molecular flexibility index (Phi) is 6.17. The van der Waals surface area contributed by atoms with Crippen LogP contribution in [-0.4, -0.2) is 28.2 Å². The molecule has 1 heterocycles. The van der Waals surface area contributed by atoms with Gasteiger partial charge in [0.05, 0.1) is 18.6 Å². The van der Waals surface area contributed by atoms with E-state index < -0.39 is 4.92 Å². The van der Waals surface area contributed by atoms with Crippen molar-refractivity contribution in [2.45, 2.75) is 32.6 Å². The standard InChI is InChI=1S/C17H23N3O4/c1-4-5-6-7-10-24-16-14(20(21)22)11-13(12-15(16)23-3)17-18-8-9-19(17)2/h8-9,11-12H,4-7,10H2,1-3H3. The molecule has 7 nitrogen and oxygen atoms in total. The smallest absolute Gasteiger partial charge is 0.315 e. The molecule has 2 rings (SSSR count). The number of hydrogen-bond acceptors (Lipinski definition) is 5. The van der Waals surface area contributed by atoms with E-state index in [4.69, 9.17) is 9.47 Å². The van der Waals surface area contributed by atoms with Crippen molar-refractivity contribution in [3.05, 3.63) is 34.6 Å². The Balaban J connectivity index is 2.32. The molecule has 0 atom stereocenters. The summed E-state index contributed by atoms with van der Waals surface area (Å²) in [4.78, 5) is 15.3. The number of rotatable bonds is 9. The van der Waals surface area contributed by atoms with Gasteiger partial charge in [0.15, 0.2) is 5.75 Å². The number of nitro benzene ring substituents is 1. The molecule has 24 heavy (non-hydrogen) atoms. The molecule has 2 aromatic rings. The number of methoxy groups -OCH3 is 1. The maximum atomic E-state index is 11.5. The Bertz CT molecular complexity index is 697. The number of imidazole rings is 1. The van der Waals surface area contributed by atoms with Crippen LogP contribution in [0.4, 0.5) is 5.69 Å². The number of aromatic nitrogens is 2. The normalized spacial score (nSPS) is 10.6. The van der Waals surface area contributed by atoms with Gasteiger partial charge in [0.1, 0.15) is 5.82 Å². The molecule has 0 radical (unpaired) electrons. The summed E-state index contributed by atoms with van der Waals surface area (Å²) in [7, 11) is 3.31. The van der Waals surface area contributed by atoms with E-state index in [1.54, 1.807) is 23.0 Å². The summed E-state index contributed by atoms with van der Waals surface area (Å²) < 4.78 is 12.8. The summed E-state index contributed by atoms with van der Waals surface area (Å²) in [6, 6.07) is 3.20. The lowest BCUT2D eigenvalue weighted by molar-refractivity contribution is -0.385. The molecule has 0 unspecified atom stereocenters. The molecule has 0 aliphatic heterocycles.